The summed E-state index contributed by atoms with van der Waals surface area (Å²) < 4.78 is 11.0. The SMILES string of the molecule is CC(C)(C)OC(=O)CN1C(=O)[C@@H](N(Cc2ccccc2)Cc2ccccc2)C[C@H]1CC[Si](C)(C)C(C)(C)C.CC(C)(C)OC(=O)CN1C(=O)[C@@H](N(Cc2ccccc2)Cc2ccccc2)C[C@H]1CO. The average Bonchev–Trinajstić information content (AvgIpc) is 3.76. The molecule has 12 heteroatoms. The molecule has 1 N–H and O–H groups in total. The van der Waals surface area contributed by atoms with Crippen LogP contribution in [0, 0.1) is 0 Å². The van der Waals surface area contributed by atoms with Crippen molar-refractivity contribution >= 4 is 31.8 Å². The summed E-state index contributed by atoms with van der Waals surface area (Å²) in [6, 6.07) is 40.8. The third kappa shape index (κ3) is 16.8. The Labute approximate surface area is 414 Å². The number of hydrogen-bond donors (Lipinski definition) is 1. The molecule has 0 saturated carbocycles. The Hall–Kier alpha value is -5.14. The fourth-order valence-electron chi connectivity index (χ4n) is 8.94. The fraction of sp³-hybridized carbons (Fsp3) is 0.509. The van der Waals surface area contributed by atoms with Crippen LogP contribution in [-0.2, 0) is 54.8 Å². The minimum Gasteiger partial charge on any atom is -0.459 e. The molecule has 2 aliphatic rings. The van der Waals surface area contributed by atoms with Gasteiger partial charge in [0.15, 0.2) is 0 Å². The van der Waals surface area contributed by atoms with Gasteiger partial charge in [0.05, 0.1) is 32.8 Å². The highest BCUT2D eigenvalue weighted by molar-refractivity contribution is 6.80. The molecule has 0 aromatic heterocycles. The molecule has 0 radical (unpaired) electrons. The standard InChI is InChI=1S/C32H48N2O3Si.C25H32N2O4/c1-31(2,3)37-29(35)24-34-27(19-20-38(7,8)32(4,5)6)21-28(30(34)36)33(22-25-15-11-9-12-16-25)23-26-17-13-10-14-18-26;1-25(2,3)31-23(29)17-27-21(18-28)14-22(24(27)30)26(15-19-10-6-4-7-11-19)16-20-12-8-5-9-13-20/h9-18,27-28H,19-24H2,1-8H3;4-13,21-22,28H,14-18H2,1-3H3/t27-,28+;21-,22-/m10/s1. The molecule has 11 nitrogen and oxygen atoms in total. The minimum absolute atomic E-state index is 0.0132. The molecule has 2 amide bonds. The molecule has 2 fully saturated rings. The third-order valence-corrected chi connectivity index (χ3v) is 19.2. The maximum atomic E-state index is 14.0. The quantitative estimate of drug-likeness (QED) is 0.0768. The van der Waals surface area contributed by atoms with Crippen LogP contribution in [0.5, 0.6) is 0 Å². The zero-order valence-corrected chi connectivity index (χ0v) is 44.3. The van der Waals surface area contributed by atoms with Gasteiger partial charge in [0.1, 0.15) is 24.3 Å². The second-order valence-electron chi connectivity index (χ2n) is 22.5. The van der Waals surface area contributed by atoms with Crippen LogP contribution in [-0.4, -0.2) is 112 Å². The van der Waals surface area contributed by atoms with Crippen LogP contribution in [0.1, 0.15) is 104 Å². The van der Waals surface area contributed by atoms with Crippen LogP contribution >= 0.6 is 0 Å². The van der Waals surface area contributed by atoms with Crippen molar-refractivity contribution in [1.82, 2.24) is 19.6 Å². The highest BCUT2D eigenvalue weighted by atomic mass is 28.3. The Morgan fingerprint density at radius 2 is 0.855 bits per heavy atom. The molecule has 0 aliphatic carbocycles. The van der Waals surface area contributed by atoms with Crippen molar-refractivity contribution in [3.8, 4) is 0 Å². The first kappa shape index (κ1) is 54.8. The number of benzene rings is 4. The minimum atomic E-state index is -1.54. The van der Waals surface area contributed by atoms with Gasteiger partial charge in [-0.25, -0.2) is 0 Å². The summed E-state index contributed by atoms with van der Waals surface area (Å²) in [6.45, 7) is 25.1. The Morgan fingerprint density at radius 3 is 1.14 bits per heavy atom. The second kappa shape index (κ2) is 24.1. The predicted molar refractivity (Wildman–Crippen MR) is 277 cm³/mol. The van der Waals surface area contributed by atoms with Crippen LogP contribution in [0.3, 0.4) is 0 Å². The highest BCUT2D eigenvalue weighted by Crippen LogP contribution is 2.41. The largest absolute Gasteiger partial charge is 0.459 e. The molecule has 4 aromatic carbocycles. The Kier molecular flexibility index (Phi) is 19.2. The first-order valence-corrected chi connectivity index (χ1v) is 27.9. The highest BCUT2D eigenvalue weighted by Gasteiger charge is 2.46. The number of hydrogen-bond acceptors (Lipinski definition) is 9. The molecular weight excluding hydrogens is 881 g/mol. The van der Waals surface area contributed by atoms with E-state index in [-0.39, 0.29) is 54.6 Å². The number of carbonyl (C=O) groups excluding carboxylic acids is 4. The molecule has 69 heavy (non-hydrogen) atoms. The summed E-state index contributed by atoms with van der Waals surface area (Å²) >= 11 is 0. The second-order valence-corrected chi connectivity index (χ2v) is 28.3. The topological polar surface area (TPSA) is 120 Å². The predicted octanol–water partition coefficient (Wildman–Crippen LogP) is 9.89. The van der Waals surface area contributed by atoms with Crippen LogP contribution in [0.15, 0.2) is 121 Å². The van der Waals surface area contributed by atoms with Crippen molar-refractivity contribution in [3.05, 3.63) is 144 Å². The molecule has 0 bridgehead atoms. The average molecular weight is 961 g/mol. The van der Waals surface area contributed by atoms with Gasteiger partial charge in [0.2, 0.25) is 11.8 Å². The smallest absolute Gasteiger partial charge is 0.326 e. The number of ether oxygens (including phenoxy) is 2. The number of aliphatic hydroxyl groups excluding tert-OH is 1. The molecule has 4 aromatic rings. The van der Waals surface area contributed by atoms with E-state index >= 15 is 0 Å². The van der Waals surface area contributed by atoms with Gasteiger partial charge in [-0.1, -0.05) is 161 Å². The lowest BCUT2D eigenvalue weighted by atomic mass is 10.1. The van der Waals surface area contributed by atoms with Crippen molar-refractivity contribution in [3.63, 3.8) is 0 Å². The number of amides is 2. The molecule has 0 unspecified atom stereocenters. The zero-order valence-electron chi connectivity index (χ0n) is 43.3. The van der Waals surface area contributed by atoms with Crippen LogP contribution in [0.4, 0.5) is 0 Å². The lowest BCUT2D eigenvalue weighted by Crippen LogP contribution is -2.45. The normalized spacial score (nSPS) is 18.9. The van der Waals surface area contributed by atoms with Crippen molar-refractivity contribution in [2.75, 3.05) is 19.7 Å². The van der Waals surface area contributed by atoms with Gasteiger partial charge in [0.25, 0.3) is 0 Å². The maximum absolute atomic E-state index is 14.0. The Bertz CT molecular complexity index is 2160. The summed E-state index contributed by atoms with van der Waals surface area (Å²) in [6.07, 6.45) is 2.12. The number of aliphatic hydroxyl groups is 1. The summed E-state index contributed by atoms with van der Waals surface area (Å²) in [5.41, 5.74) is 3.37. The first-order chi connectivity index (χ1) is 32.4. The molecule has 4 atom stereocenters. The molecule has 2 aliphatic heterocycles. The van der Waals surface area contributed by atoms with E-state index in [0.717, 1.165) is 30.0 Å². The molecule has 2 heterocycles. The molecule has 374 valence electrons. The van der Waals surface area contributed by atoms with E-state index in [2.05, 4.69) is 67.9 Å². The molecular formula is C57H80N4O7Si. The van der Waals surface area contributed by atoms with Crippen molar-refractivity contribution in [1.29, 1.82) is 0 Å². The number of rotatable bonds is 18. The van der Waals surface area contributed by atoms with Crippen molar-refractivity contribution < 1.29 is 33.8 Å². The van der Waals surface area contributed by atoms with Gasteiger partial charge in [-0.15, -0.1) is 0 Å². The Balaban J connectivity index is 0.000000263. The van der Waals surface area contributed by atoms with E-state index in [1.165, 1.54) is 16.0 Å². The van der Waals surface area contributed by atoms with E-state index in [1.807, 2.05) is 123 Å². The summed E-state index contributed by atoms with van der Waals surface area (Å²) in [5.74, 6) is -0.890. The van der Waals surface area contributed by atoms with Gasteiger partial charge in [0, 0.05) is 32.2 Å². The van der Waals surface area contributed by atoms with Gasteiger partial charge in [-0.2, -0.15) is 0 Å². The van der Waals surface area contributed by atoms with E-state index in [0.29, 0.717) is 32.6 Å². The van der Waals surface area contributed by atoms with Gasteiger partial charge in [-0.3, -0.25) is 29.0 Å². The number of esters is 2. The Morgan fingerprint density at radius 1 is 0.551 bits per heavy atom. The number of likely N-dealkylation sites (tertiary alicyclic amines) is 2. The van der Waals surface area contributed by atoms with E-state index in [4.69, 9.17) is 9.47 Å². The molecule has 0 spiro atoms. The maximum Gasteiger partial charge on any atom is 0.326 e. The van der Waals surface area contributed by atoms with E-state index in [1.54, 1.807) is 20.8 Å². The van der Waals surface area contributed by atoms with Crippen molar-refractivity contribution in [2.45, 2.75) is 167 Å². The molecule has 6 rings (SSSR count). The van der Waals surface area contributed by atoms with Gasteiger partial charge < -0.3 is 24.4 Å². The van der Waals surface area contributed by atoms with E-state index in [9.17, 15) is 24.3 Å². The van der Waals surface area contributed by atoms with Gasteiger partial charge in [-0.05, 0) is 88.1 Å². The molecule has 2 saturated heterocycles. The third-order valence-electron chi connectivity index (χ3n) is 13.6. The first-order valence-electron chi connectivity index (χ1n) is 24.7. The summed E-state index contributed by atoms with van der Waals surface area (Å²) in [7, 11) is -1.54. The van der Waals surface area contributed by atoms with Crippen LogP contribution in [0.25, 0.3) is 0 Å². The van der Waals surface area contributed by atoms with Gasteiger partial charge >= 0.3 is 11.9 Å². The van der Waals surface area contributed by atoms with E-state index < -0.39 is 37.3 Å². The summed E-state index contributed by atoms with van der Waals surface area (Å²) in [5, 5.41) is 10.2. The monoisotopic (exact) mass is 961 g/mol. The van der Waals surface area contributed by atoms with Crippen LogP contribution < -0.4 is 0 Å². The van der Waals surface area contributed by atoms with Crippen LogP contribution in [0.2, 0.25) is 24.2 Å². The van der Waals surface area contributed by atoms with Crippen molar-refractivity contribution in [2.24, 2.45) is 0 Å². The lowest BCUT2D eigenvalue weighted by molar-refractivity contribution is -0.159. The zero-order chi connectivity index (χ0) is 50.6. The number of nitrogens with zero attached hydrogens (tertiary/aromatic N) is 4. The fourth-order valence-corrected chi connectivity index (χ4v) is 10.7. The number of carbonyl (C=O) groups is 4. The summed E-state index contributed by atoms with van der Waals surface area (Å²) in [4.78, 5) is 60.4. The lowest BCUT2D eigenvalue weighted by Gasteiger charge is -2.38.